The minimum Gasteiger partial charge on any atom is -0.325 e. The van der Waals surface area contributed by atoms with Crippen molar-refractivity contribution in [3.8, 4) is 0 Å². The lowest BCUT2D eigenvalue weighted by Gasteiger charge is -2.07. The molecular weight excluding hydrogens is 270 g/mol. The molecule has 0 saturated heterocycles. The Morgan fingerprint density at radius 1 is 1.05 bits per heavy atom. The molecule has 3 heteroatoms. The van der Waals surface area contributed by atoms with Gasteiger partial charge in [0.1, 0.15) is 0 Å². The van der Waals surface area contributed by atoms with Gasteiger partial charge in [-0.2, -0.15) is 0 Å². The zero-order chi connectivity index (χ0) is 14.4. The molecule has 0 heterocycles. The van der Waals surface area contributed by atoms with E-state index in [0.717, 1.165) is 12.8 Å². The summed E-state index contributed by atoms with van der Waals surface area (Å²) in [6.07, 6.45) is 2.23. The SMILES string of the molecule is CCc1ccc(CCC(=O)Nc2ccccc2Cl)cc1. The number of benzene rings is 2. The van der Waals surface area contributed by atoms with Crippen molar-refractivity contribution in [2.75, 3.05) is 5.32 Å². The number of carbonyl (C=O) groups excluding carboxylic acids is 1. The van der Waals surface area contributed by atoms with E-state index in [1.165, 1.54) is 11.1 Å². The summed E-state index contributed by atoms with van der Waals surface area (Å²) >= 11 is 6.00. The number of hydrogen-bond donors (Lipinski definition) is 1. The van der Waals surface area contributed by atoms with Crippen molar-refractivity contribution in [3.05, 3.63) is 64.7 Å². The third-order valence-electron chi connectivity index (χ3n) is 3.22. The van der Waals surface area contributed by atoms with E-state index in [1.807, 2.05) is 12.1 Å². The highest BCUT2D eigenvalue weighted by Gasteiger charge is 2.05. The summed E-state index contributed by atoms with van der Waals surface area (Å²) in [5.74, 6) is -0.0160. The molecular formula is C17H18ClNO. The van der Waals surface area contributed by atoms with Gasteiger partial charge in [-0.05, 0) is 36.1 Å². The van der Waals surface area contributed by atoms with Gasteiger partial charge in [0.25, 0.3) is 0 Å². The third kappa shape index (κ3) is 4.10. The second-order valence-electron chi connectivity index (χ2n) is 4.70. The Morgan fingerprint density at radius 3 is 2.35 bits per heavy atom. The third-order valence-corrected chi connectivity index (χ3v) is 3.55. The number of aryl methyl sites for hydroxylation is 2. The largest absolute Gasteiger partial charge is 0.325 e. The van der Waals surface area contributed by atoms with Crippen LogP contribution in [0.2, 0.25) is 5.02 Å². The molecule has 0 bridgehead atoms. The van der Waals surface area contributed by atoms with E-state index in [1.54, 1.807) is 12.1 Å². The zero-order valence-corrected chi connectivity index (χ0v) is 12.3. The smallest absolute Gasteiger partial charge is 0.224 e. The van der Waals surface area contributed by atoms with Gasteiger partial charge in [0.15, 0.2) is 0 Å². The summed E-state index contributed by atoms with van der Waals surface area (Å²) in [4.78, 5) is 11.9. The molecule has 1 N–H and O–H groups in total. The fourth-order valence-corrected chi connectivity index (χ4v) is 2.16. The minimum atomic E-state index is -0.0160. The molecule has 0 aromatic heterocycles. The quantitative estimate of drug-likeness (QED) is 0.863. The number of para-hydroxylation sites is 1. The summed E-state index contributed by atoms with van der Waals surface area (Å²) in [6, 6.07) is 15.7. The van der Waals surface area contributed by atoms with E-state index in [0.29, 0.717) is 17.1 Å². The highest BCUT2D eigenvalue weighted by molar-refractivity contribution is 6.33. The van der Waals surface area contributed by atoms with Crippen LogP contribution in [0.4, 0.5) is 5.69 Å². The normalized spacial score (nSPS) is 10.3. The zero-order valence-electron chi connectivity index (χ0n) is 11.5. The number of rotatable bonds is 5. The number of carbonyl (C=O) groups is 1. The van der Waals surface area contributed by atoms with Crippen LogP contribution >= 0.6 is 11.6 Å². The molecule has 0 aliphatic heterocycles. The number of hydrogen-bond acceptors (Lipinski definition) is 1. The summed E-state index contributed by atoms with van der Waals surface area (Å²) in [6.45, 7) is 2.13. The summed E-state index contributed by atoms with van der Waals surface area (Å²) in [5, 5.41) is 3.40. The van der Waals surface area contributed by atoms with Crippen LogP contribution in [0, 0.1) is 0 Å². The maximum atomic E-state index is 11.9. The van der Waals surface area contributed by atoms with Gasteiger partial charge in [-0.3, -0.25) is 4.79 Å². The monoisotopic (exact) mass is 287 g/mol. The van der Waals surface area contributed by atoms with Crippen molar-refractivity contribution in [3.63, 3.8) is 0 Å². The van der Waals surface area contributed by atoms with Gasteiger partial charge in [0.05, 0.1) is 10.7 Å². The highest BCUT2D eigenvalue weighted by atomic mass is 35.5. The summed E-state index contributed by atoms with van der Waals surface area (Å²) in [7, 11) is 0. The van der Waals surface area contributed by atoms with Crippen LogP contribution in [0.3, 0.4) is 0 Å². The minimum absolute atomic E-state index is 0.0160. The van der Waals surface area contributed by atoms with Gasteiger partial charge in [0.2, 0.25) is 5.91 Å². The average molecular weight is 288 g/mol. The fourth-order valence-electron chi connectivity index (χ4n) is 1.97. The number of halogens is 1. The average Bonchev–Trinajstić information content (AvgIpc) is 2.48. The summed E-state index contributed by atoms with van der Waals surface area (Å²) in [5.41, 5.74) is 3.16. The molecule has 0 fully saturated rings. The Morgan fingerprint density at radius 2 is 1.70 bits per heavy atom. The van der Waals surface area contributed by atoms with Crippen molar-refractivity contribution in [2.24, 2.45) is 0 Å². The molecule has 0 atom stereocenters. The van der Waals surface area contributed by atoms with Crippen molar-refractivity contribution in [1.29, 1.82) is 0 Å². The molecule has 0 aliphatic carbocycles. The molecule has 2 rings (SSSR count). The van der Waals surface area contributed by atoms with Gasteiger partial charge < -0.3 is 5.32 Å². The standard InChI is InChI=1S/C17H18ClNO/c1-2-13-7-9-14(10-8-13)11-12-17(20)19-16-6-4-3-5-15(16)18/h3-10H,2,11-12H2,1H3,(H,19,20). The van der Waals surface area contributed by atoms with Crippen LogP contribution < -0.4 is 5.32 Å². The first-order valence-corrected chi connectivity index (χ1v) is 7.19. The lowest BCUT2D eigenvalue weighted by atomic mass is 10.1. The maximum absolute atomic E-state index is 11.9. The van der Waals surface area contributed by atoms with Crippen molar-refractivity contribution in [2.45, 2.75) is 26.2 Å². The second-order valence-corrected chi connectivity index (χ2v) is 5.11. The number of amides is 1. The van der Waals surface area contributed by atoms with Gasteiger partial charge in [0, 0.05) is 6.42 Å². The Bertz CT molecular complexity index is 578. The van der Waals surface area contributed by atoms with E-state index in [9.17, 15) is 4.79 Å². The molecule has 2 aromatic rings. The van der Waals surface area contributed by atoms with Crippen LogP contribution in [0.25, 0.3) is 0 Å². The highest BCUT2D eigenvalue weighted by Crippen LogP contribution is 2.20. The molecule has 2 aromatic carbocycles. The van der Waals surface area contributed by atoms with Crippen LogP contribution in [-0.2, 0) is 17.6 Å². The molecule has 104 valence electrons. The van der Waals surface area contributed by atoms with Crippen LogP contribution in [0.15, 0.2) is 48.5 Å². The Balaban J connectivity index is 1.87. The van der Waals surface area contributed by atoms with Crippen LogP contribution in [0.5, 0.6) is 0 Å². The molecule has 20 heavy (non-hydrogen) atoms. The van der Waals surface area contributed by atoms with E-state index in [4.69, 9.17) is 11.6 Å². The first kappa shape index (κ1) is 14.6. The predicted octanol–water partition coefficient (Wildman–Crippen LogP) is 4.47. The Hall–Kier alpha value is -1.80. The number of anilines is 1. The first-order chi connectivity index (χ1) is 9.69. The maximum Gasteiger partial charge on any atom is 0.224 e. The van der Waals surface area contributed by atoms with E-state index in [-0.39, 0.29) is 5.91 Å². The van der Waals surface area contributed by atoms with Gasteiger partial charge in [-0.15, -0.1) is 0 Å². The first-order valence-electron chi connectivity index (χ1n) is 6.81. The Kier molecular flexibility index (Phi) is 5.19. The second kappa shape index (κ2) is 7.11. The Labute approximate surface area is 124 Å². The van der Waals surface area contributed by atoms with Crippen molar-refractivity contribution >= 4 is 23.2 Å². The molecule has 0 spiro atoms. The van der Waals surface area contributed by atoms with Gasteiger partial charge in [-0.1, -0.05) is 54.9 Å². The lowest BCUT2D eigenvalue weighted by molar-refractivity contribution is -0.116. The van der Waals surface area contributed by atoms with Crippen LogP contribution in [0.1, 0.15) is 24.5 Å². The topological polar surface area (TPSA) is 29.1 Å². The number of nitrogens with one attached hydrogen (secondary N) is 1. The fraction of sp³-hybridized carbons (Fsp3) is 0.235. The van der Waals surface area contributed by atoms with E-state index < -0.39 is 0 Å². The van der Waals surface area contributed by atoms with Gasteiger partial charge in [-0.25, -0.2) is 0 Å². The molecule has 0 unspecified atom stereocenters. The van der Waals surface area contributed by atoms with Crippen LogP contribution in [-0.4, -0.2) is 5.91 Å². The molecule has 0 saturated carbocycles. The molecule has 0 aliphatic rings. The van der Waals surface area contributed by atoms with E-state index >= 15 is 0 Å². The van der Waals surface area contributed by atoms with Crippen molar-refractivity contribution < 1.29 is 4.79 Å². The molecule has 2 nitrogen and oxygen atoms in total. The van der Waals surface area contributed by atoms with Gasteiger partial charge >= 0.3 is 0 Å². The van der Waals surface area contributed by atoms with E-state index in [2.05, 4.69) is 36.5 Å². The summed E-state index contributed by atoms with van der Waals surface area (Å²) < 4.78 is 0. The van der Waals surface area contributed by atoms with Crippen molar-refractivity contribution in [1.82, 2.24) is 0 Å². The lowest BCUT2D eigenvalue weighted by Crippen LogP contribution is -2.12. The molecule has 1 amide bonds. The molecule has 0 radical (unpaired) electrons. The predicted molar refractivity (Wildman–Crippen MR) is 84.2 cm³/mol.